The minimum absolute atomic E-state index is 0.198. The molecule has 1 unspecified atom stereocenters. The van der Waals surface area contributed by atoms with Crippen LogP contribution < -0.4 is 10.3 Å². The molecule has 1 N–H and O–H groups in total. The average molecular weight is 467 g/mol. The normalized spacial score (nSPS) is 22.6. The van der Waals surface area contributed by atoms with Gasteiger partial charge in [0.15, 0.2) is 0 Å². The summed E-state index contributed by atoms with van der Waals surface area (Å²) in [7, 11) is 0. The van der Waals surface area contributed by atoms with Gasteiger partial charge in [0.05, 0.1) is 6.10 Å². The molecule has 8 heteroatoms. The largest absolute Gasteiger partial charge is 0.490 e. The third-order valence-electron chi connectivity index (χ3n) is 7.11. The number of likely N-dealkylation sites (tertiary alicyclic amines) is 1. The molecule has 180 valence electrons. The molecule has 1 saturated carbocycles. The van der Waals surface area contributed by atoms with Gasteiger partial charge in [-0.2, -0.15) is 0 Å². The number of nitrogens with one attached hydrogen (secondary N) is 1. The van der Waals surface area contributed by atoms with E-state index in [4.69, 9.17) is 14.2 Å². The third-order valence-corrected chi connectivity index (χ3v) is 7.11. The summed E-state index contributed by atoms with van der Waals surface area (Å²) in [6, 6.07) is 11.7. The number of H-pyrrole nitrogens is 1. The van der Waals surface area contributed by atoms with Crippen LogP contribution in [0, 0.1) is 5.92 Å². The topological polar surface area (TPSA) is 97.9 Å². The zero-order valence-corrected chi connectivity index (χ0v) is 19.2. The molecule has 8 nitrogen and oxygen atoms in total. The number of ether oxygens (including phenoxy) is 3. The summed E-state index contributed by atoms with van der Waals surface area (Å²) in [4.78, 5) is 40.6. The maximum absolute atomic E-state index is 12.2. The van der Waals surface area contributed by atoms with Crippen molar-refractivity contribution in [1.82, 2.24) is 9.88 Å². The van der Waals surface area contributed by atoms with E-state index in [1.165, 1.54) is 18.4 Å². The summed E-state index contributed by atoms with van der Waals surface area (Å²) in [5, 5.41) is 0. The van der Waals surface area contributed by atoms with Crippen LogP contribution in [-0.2, 0) is 32.0 Å². The Kier molecular flexibility index (Phi) is 6.41. The van der Waals surface area contributed by atoms with Crippen LogP contribution in [0.25, 0.3) is 0 Å². The fourth-order valence-electron chi connectivity index (χ4n) is 5.29. The maximum Gasteiger partial charge on any atom is 0.421 e. The van der Waals surface area contributed by atoms with Crippen LogP contribution >= 0.6 is 0 Å². The molecule has 1 aromatic carbocycles. The quantitative estimate of drug-likeness (QED) is 0.494. The molecule has 0 radical (unpaired) electrons. The van der Waals surface area contributed by atoms with E-state index < -0.39 is 17.8 Å². The number of aromatic nitrogens is 1. The molecule has 2 aliphatic heterocycles. The minimum atomic E-state index is -1.45. The van der Waals surface area contributed by atoms with Gasteiger partial charge >= 0.3 is 17.8 Å². The molecule has 1 aliphatic carbocycles. The third kappa shape index (κ3) is 4.87. The molecule has 0 amide bonds. The molecule has 1 atom stereocenters. The van der Waals surface area contributed by atoms with Gasteiger partial charge in [0.2, 0.25) is 0 Å². The van der Waals surface area contributed by atoms with Gasteiger partial charge in [-0.05, 0) is 74.6 Å². The molecule has 3 aliphatic rings. The van der Waals surface area contributed by atoms with E-state index in [2.05, 4.69) is 17.1 Å². The van der Waals surface area contributed by atoms with Crippen LogP contribution in [0.15, 0.2) is 47.4 Å². The maximum atomic E-state index is 12.2. The molecule has 3 heterocycles. The summed E-state index contributed by atoms with van der Waals surface area (Å²) in [5.41, 5.74) is 1.51. The lowest BCUT2D eigenvalue weighted by Gasteiger charge is -2.43. The molecular formula is C26H30N2O6. The number of rotatable bonds is 7. The van der Waals surface area contributed by atoms with Gasteiger partial charge in [0.25, 0.3) is 5.56 Å². The standard InChI is InChI=1S/C26H30N2O6/c29-23-20(6-4-13-27-23)17-28-14-12-19(16-26(28)33-24(30)25(31)34-26)11-10-18-5-3-9-22(15-18)32-21-7-1-2-8-21/h3-6,9,13,15,19,21H,1-2,7-8,10-12,14,16-17H2,(H,27,29). The van der Waals surface area contributed by atoms with E-state index in [1.807, 2.05) is 12.1 Å². The molecule has 1 aromatic heterocycles. The number of aromatic amines is 1. The number of esters is 2. The van der Waals surface area contributed by atoms with Crippen molar-refractivity contribution >= 4 is 11.9 Å². The smallest absolute Gasteiger partial charge is 0.421 e. The first-order valence-corrected chi connectivity index (χ1v) is 12.1. The van der Waals surface area contributed by atoms with Crippen LogP contribution in [0.3, 0.4) is 0 Å². The lowest BCUT2D eigenvalue weighted by Crippen LogP contribution is -2.55. The zero-order valence-electron chi connectivity index (χ0n) is 19.2. The number of piperidine rings is 1. The molecule has 0 bridgehead atoms. The Bertz CT molecular complexity index is 1090. The molecule has 3 fully saturated rings. The highest BCUT2D eigenvalue weighted by molar-refractivity contribution is 6.31. The van der Waals surface area contributed by atoms with Crippen LogP contribution in [0.5, 0.6) is 5.75 Å². The highest BCUT2D eigenvalue weighted by Gasteiger charge is 2.55. The van der Waals surface area contributed by atoms with Gasteiger partial charge in [0, 0.05) is 31.3 Å². The Morgan fingerprint density at radius 1 is 1.03 bits per heavy atom. The van der Waals surface area contributed by atoms with E-state index >= 15 is 0 Å². The second kappa shape index (κ2) is 9.62. The van der Waals surface area contributed by atoms with Crippen LogP contribution in [0.2, 0.25) is 0 Å². The van der Waals surface area contributed by atoms with Gasteiger partial charge in [-0.3, -0.25) is 4.79 Å². The van der Waals surface area contributed by atoms with Crippen molar-refractivity contribution < 1.29 is 23.8 Å². The number of carbonyl (C=O) groups is 2. The van der Waals surface area contributed by atoms with Gasteiger partial charge in [0.1, 0.15) is 5.75 Å². The molecular weight excluding hydrogens is 436 g/mol. The number of hydrogen-bond donors (Lipinski definition) is 1. The number of carbonyl (C=O) groups excluding carboxylic acids is 2. The molecule has 2 saturated heterocycles. The predicted octanol–water partition coefficient (Wildman–Crippen LogP) is 3.29. The zero-order chi connectivity index (χ0) is 23.5. The first kappa shape index (κ1) is 22.7. The van der Waals surface area contributed by atoms with Gasteiger partial charge < -0.3 is 19.2 Å². The summed E-state index contributed by atoms with van der Waals surface area (Å²) >= 11 is 0. The SMILES string of the molecule is O=C1OC2(CC(CCc3cccc(OC4CCCC4)c3)CCN2Cc2ccc[nH]c2=O)OC1=O. The van der Waals surface area contributed by atoms with Crippen molar-refractivity contribution in [2.45, 2.75) is 69.9 Å². The molecule has 5 rings (SSSR count). The highest BCUT2D eigenvalue weighted by atomic mass is 16.8. The van der Waals surface area contributed by atoms with E-state index in [0.717, 1.165) is 37.9 Å². The minimum Gasteiger partial charge on any atom is -0.490 e. The number of aryl methyl sites for hydroxylation is 1. The summed E-state index contributed by atoms with van der Waals surface area (Å²) in [6.45, 7) is 0.772. The van der Waals surface area contributed by atoms with E-state index in [-0.39, 0.29) is 18.0 Å². The van der Waals surface area contributed by atoms with Crippen molar-refractivity contribution in [2.75, 3.05) is 6.54 Å². The number of pyridine rings is 1. The van der Waals surface area contributed by atoms with Gasteiger partial charge in [-0.1, -0.05) is 18.2 Å². The first-order valence-electron chi connectivity index (χ1n) is 12.1. The summed E-state index contributed by atoms with van der Waals surface area (Å²) in [6.07, 6.45) is 9.55. The summed E-state index contributed by atoms with van der Waals surface area (Å²) < 4.78 is 17.1. The van der Waals surface area contributed by atoms with E-state index in [0.29, 0.717) is 24.6 Å². The van der Waals surface area contributed by atoms with Crippen molar-refractivity contribution in [2.24, 2.45) is 5.92 Å². The number of benzene rings is 1. The van der Waals surface area contributed by atoms with Gasteiger partial charge in [-0.25, -0.2) is 14.5 Å². The van der Waals surface area contributed by atoms with Crippen molar-refractivity contribution in [3.8, 4) is 5.75 Å². The highest BCUT2D eigenvalue weighted by Crippen LogP contribution is 2.40. The van der Waals surface area contributed by atoms with Gasteiger partial charge in [-0.15, -0.1) is 0 Å². The fourth-order valence-corrected chi connectivity index (χ4v) is 5.29. The fraction of sp³-hybridized carbons (Fsp3) is 0.500. The van der Waals surface area contributed by atoms with E-state index in [9.17, 15) is 14.4 Å². The van der Waals surface area contributed by atoms with Crippen LogP contribution in [-0.4, -0.2) is 40.4 Å². The molecule has 34 heavy (non-hydrogen) atoms. The monoisotopic (exact) mass is 466 g/mol. The van der Waals surface area contributed by atoms with Crippen LogP contribution in [0.4, 0.5) is 0 Å². The van der Waals surface area contributed by atoms with Crippen molar-refractivity contribution in [3.05, 3.63) is 64.1 Å². The predicted molar refractivity (Wildman–Crippen MR) is 123 cm³/mol. The average Bonchev–Trinajstić information content (AvgIpc) is 3.43. The Morgan fingerprint density at radius 2 is 1.82 bits per heavy atom. The Hall–Kier alpha value is -3.13. The lowest BCUT2D eigenvalue weighted by atomic mass is 9.88. The Labute approximate surface area is 198 Å². The van der Waals surface area contributed by atoms with E-state index in [1.54, 1.807) is 23.2 Å². The second-order valence-electron chi connectivity index (χ2n) is 9.51. The summed E-state index contributed by atoms with van der Waals surface area (Å²) in [5.74, 6) is -2.30. The Balaban J connectivity index is 1.25. The second-order valence-corrected chi connectivity index (χ2v) is 9.51. The first-order chi connectivity index (χ1) is 16.5. The molecule has 1 spiro atoms. The van der Waals surface area contributed by atoms with Crippen molar-refractivity contribution in [3.63, 3.8) is 0 Å². The number of nitrogens with zero attached hydrogens (tertiary/aromatic N) is 1. The Morgan fingerprint density at radius 3 is 2.59 bits per heavy atom. The number of hydrogen-bond acceptors (Lipinski definition) is 7. The van der Waals surface area contributed by atoms with Crippen LogP contribution in [0.1, 0.15) is 56.1 Å². The van der Waals surface area contributed by atoms with Crippen molar-refractivity contribution in [1.29, 1.82) is 0 Å². The lowest BCUT2D eigenvalue weighted by molar-refractivity contribution is -0.274. The molecule has 2 aromatic rings.